The van der Waals surface area contributed by atoms with E-state index in [2.05, 4.69) is 20.4 Å². The van der Waals surface area contributed by atoms with E-state index in [1.165, 1.54) is 6.42 Å². The van der Waals surface area contributed by atoms with E-state index in [9.17, 15) is 4.79 Å². The summed E-state index contributed by atoms with van der Waals surface area (Å²) in [4.78, 5) is 15.0. The van der Waals surface area contributed by atoms with Gasteiger partial charge >= 0.3 is 6.01 Å². The Morgan fingerprint density at radius 3 is 2.48 bits per heavy atom. The maximum absolute atomic E-state index is 12.8. The summed E-state index contributed by atoms with van der Waals surface area (Å²) >= 11 is 0. The molecule has 1 fully saturated rings. The highest BCUT2D eigenvalue weighted by molar-refractivity contribution is 5.94. The Kier molecular flexibility index (Phi) is 5.89. The molecule has 150 valence electrons. The Labute approximate surface area is 170 Å². The molecule has 1 unspecified atom stereocenters. The van der Waals surface area contributed by atoms with Crippen molar-refractivity contribution in [1.29, 1.82) is 0 Å². The van der Waals surface area contributed by atoms with Gasteiger partial charge in [0.2, 0.25) is 5.89 Å². The number of nitrogens with one attached hydrogen (secondary N) is 1. The quantitative estimate of drug-likeness (QED) is 0.687. The van der Waals surface area contributed by atoms with Crippen LogP contribution in [-0.2, 0) is 6.42 Å². The molecule has 6 nitrogen and oxygen atoms in total. The van der Waals surface area contributed by atoms with E-state index in [1.807, 2.05) is 61.5 Å². The molecule has 29 heavy (non-hydrogen) atoms. The lowest BCUT2D eigenvalue weighted by Gasteiger charge is -2.24. The second-order valence-electron chi connectivity index (χ2n) is 7.55. The summed E-state index contributed by atoms with van der Waals surface area (Å²) in [6.07, 6.45) is 4.09. The second kappa shape index (κ2) is 8.90. The van der Waals surface area contributed by atoms with Crippen LogP contribution in [0.15, 0.2) is 59.0 Å². The van der Waals surface area contributed by atoms with Crippen LogP contribution in [0, 0.1) is 6.92 Å². The lowest BCUT2D eigenvalue weighted by molar-refractivity contribution is 0.0930. The van der Waals surface area contributed by atoms with Crippen molar-refractivity contribution in [2.75, 3.05) is 18.0 Å². The van der Waals surface area contributed by atoms with Crippen molar-refractivity contribution < 1.29 is 9.21 Å². The molecule has 0 saturated carbocycles. The number of amides is 1. The zero-order chi connectivity index (χ0) is 20.1. The lowest BCUT2D eigenvalue weighted by Crippen LogP contribution is -2.30. The van der Waals surface area contributed by atoms with E-state index < -0.39 is 6.04 Å². The number of nitrogens with zero attached hydrogens (tertiary/aromatic N) is 3. The molecule has 1 aliphatic heterocycles. The van der Waals surface area contributed by atoms with Crippen LogP contribution >= 0.6 is 0 Å². The first-order valence-electron chi connectivity index (χ1n) is 10.2. The number of benzene rings is 2. The third-order valence-electron chi connectivity index (χ3n) is 5.26. The first-order chi connectivity index (χ1) is 14.2. The number of aryl methyl sites for hydroxylation is 1. The predicted molar refractivity (Wildman–Crippen MR) is 112 cm³/mol. The van der Waals surface area contributed by atoms with Crippen molar-refractivity contribution in [3.05, 3.63) is 77.2 Å². The summed E-state index contributed by atoms with van der Waals surface area (Å²) in [5.41, 5.74) is 2.83. The van der Waals surface area contributed by atoms with Gasteiger partial charge in [0.05, 0.1) is 0 Å². The molecule has 6 heteroatoms. The van der Waals surface area contributed by atoms with E-state index in [0.717, 1.165) is 37.1 Å². The fourth-order valence-corrected chi connectivity index (χ4v) is 3.58. The van der Waals surface area contributed by atoms with E-state index in [-0.39, 0.29) is 5.91 Å². The van der Waals surface area contributed by atoms with Crippen molar-refractivity contribution in [1.82, 2.24) is 15.5 Å². The summed E-state index contributed by atoms with van der Waals surface area (Å²) < 4.78 is 6.00. The topological polar surface area (TPSA) is 71.3 Å². The minimum absolute atomic E-state index is 0.149. The number of aromatic nitrogens is 2. The normalized spacial score (nSPS) is 15.1. The molecule has 4 rings (SSSR count). The third-order valence-corrected chi connectivity index (χ3v) is 5.26. The Hall–Kier alpha value is -3.15. The van der Waals surface area contributed by atoms with Gasteiger partial charge < -0.3 is 14.6 Å². The molecule has 0 radical (unpaired) electrons. The number of anilines is 1. The Morgan fingerprint density at radius 2 is 1.76 bits per heavy atom. The van der Waals surface area contributed by atoms with Crippen LogP contribution in [0.1, 0.15) is 52.7 Å². The van der Waals surface area contributed by atoms with Gasteiger partial charge in [0.25, 0.3) is 5.91 Å². The van der Waals surface area contributed by atoms with Crippen LogP contribution in [0.25, 0.3) is 0 Å². The van der Waals surface area contributed by atoms with Crippen molar-refractivity contribution in [3.8, 4) is 0 Å². The minimum atomic E-state index is -0.391. The fraction of sp³-hybridized carbons (Fsp3) is 0.348. The average molecular weight is 390 g/mol. The van der Waals surface area contributed by atoms with Crippen LogP contribution in [0.4, 0.5) is 6.01 Å². The van der Waals surface area contributed by atoms with Gasteiger partial charge in [-0.15, -0.1) is 5.10 Å². The first kappa shape index (κ1) is 19.2. The van der Waals surface area contributed by atoms with E-state index in [4.69, 9.17) is 4.42 Å². The molecule has 0 aliphatic carbocycles. The van der Waals surface area contributed by atoms with Crippen LogP contribution in [0.5, 0.6) is 0 Å². The maximum atomic E-state index is 12.8. The van der Waals surface area contributed by atoms with Crippen molar-refractivity contribution in [2.45, 2.75) is 38.6 Å². The van der Waals surface area contributed by atoms with Gasteiger partial charge in [0.1, 0.15) is 6.04 Å². The summed E-state index contributed by atoms with van der Waals surface area (Å²) in [6.45, 7) is 3.86. The number of carbonyl (C=O) groups excluding carboxylic acids is 1. The van der Waals surface area contributed by atoms with Crippen molar-refractivity contribution >= 4 is 11.9 Å². The molecule has 2 heterocycles. The van der Waals surface area contributed by atoms with Crippen molar-refractivity contribution in [2.24, 2.45) is 0 Å². The predicted octanol–water partition coefficient (Wildman–Crippen LogP) is 4.08. The molecule has 3 aromatic rings. The summed E-state index contributed by atoms with van der Waals surface area (Å²) in [7, 11) is 0. The zero-order valence-electron chi connectivity index (χ0n) is 16.7. The fourth-order valence-electron chi connectivity index (χ4n) is 3.58. The van der Waals surface area contributed by atoms with Crippen LogP contribution in [0.3, 0.4) is 0 Å². The highest BCUT2D eigenvalue weighted by Gasteiger charge is 2.24. The van der Waals surface area contributed by atoms with Crippen LogP contribution in [0.2, 0.25) is 0 Å². The smallest absolute Gasteiger partial charge is 0.318 e. The van der Waals surface area contributed by atoms with Crippen molar-refractivity contribution in [3.63, 3.8) is 0 Å². The minimum Gasteiger partial charge on any atom is -0.406 e. The Bertz CT molecular complexity index is 931. The molecule has 0 bridgehead atoms. The summed E-state index contributed by atoms with van der Waals surface area (Å²) in [6, 6.07) is 17.7. The summed E-state index contributed by atoms with van der Waals surface area (Å²) in [5, 5.41) is 11.6. The molecular formula is C23H26N4O2. The lowest BCUT2D eigenvalue weighted by atomic mass is 10.0. The van der Waals surface area contributed by atoms with Gasteiger partial charge in [-0.3, -0.25) is 4.79 Å². The highest BCUT2D eigenvalue weighted by atomic mass is 16.4. The molecule has 1 saturated heterocycles. The zero-order valence-corrected chi connectivity index (χ0v) is 16.7. The molecule has 0 spiro atoms. The van der Waals surface area contributed by atoms with Crippen LogP contribution in [-0.4, -0.2) is 29.2 Å². The van der Waals surface area contributed by atoms with Crippen LogP contribution < -0.4 is 10.2 Å². The Balaban J connectivity index is 1.55. The van der Waals surface area contributed by atoms with E-state index in [1.54, 1.807) is 0 Å². The van der Waals surface area contributed by atoms with Gasteiger partial charge in [-0.25, -0.2) is 0 Å². The highest BCUT2D eigenvalue weighted by Crippen LogP contribution is 2.24. The number of rotatable bonds is 6. The van der Waals surface area contributed by atoms with Gasteiger partial charge in [-0.2, -0.15) is 0 Å². The monoisotopic (exact) mass is 390 g/mol. The molecule has 1 N–H and O–H groups in total. The number of carbonyl (C=O) groups is 1. The summed E-state index contributed by atoms with van der Waals surface area (Å²) in [5.74, 6) is 0.290. The Morgan fingerprint density at radius 1 is 1.03 bits per heavy atom. The van der Waals surface area contributed by atoms with Gasteiger partial charge in [0, 0.05) is 25.1 Å². The third kappa shape index (κ3) is 4.83. The molecule has 1 atom stereocenters. The number of hydrogen-bond donors (Lipinski definition) is 1. The SMILES string of the molecule is Cc1ccc(C(=O)NC(Cc2ccccc2)c2nnc(N3CCCCC3)o2)cc1. The molecule has 1 amide bonds. The maximum Gasteiger partial charge on any atom is 0.318 e. The van der Waals surface area contributed by atoms with E-state index >= 15 is 0 Å². The molecular weight excluding hydrogens is 364 g/mol. The van der Waals surface area contributed by atoms with E-state index in [0.29, 0.717) is 23.9 Å². The van der Waals surface area contributed by atoms with Gasteiger partial charge in [0.15, 0.2) is 0 Å². The second-order valence-corrected chi connectivity index (χ2v) is 7.55. The standard InChI is InChI=1S/C23H26N4O2/c1-17-10-12-19(13-11-17)21(28)24-20(16-18-8-4-2-5-9-18)22-25-26-23(29-22)27-14-6-3-7-15-27/h2,4-5,8-13,20H,3,6-7,14-16H2,1H3,(H,24,28). The van der Waals surface area contributed by atoms with Gasteiger partial charge in [-0.1, -0.05) is 53.1 Å². The largest absolute Gasteiger partial charge is 0.406 e. The van der Waals surface area contributed by atoms with Gasteiger partial charge in [-0.05, 0) is 43.9 Å². The molecule has 1 aliphatic rings. The molecule has 2 aromatic carbocycles. The number of piperidine rings is 1. The average Bonchev–Trinajstić information content (AvgIpc) is 3.25. The first-order valence-corrected chi connectivity index (χ1v) is 10.2. The number of hydrogen-bond acceptors (Lipinski definition) is 5. The molecule has 1 aromatic heterocycles.